The molecule has 0 radical (unpaired) electrons. The SMILES string of the molecule is COCC1CCC(Nc2nc(N(C)C)nc(Cl)c2-c2nc3ccccc3s2)C1. The number of aromatic nitrogens is 3. The number of nitrogens with zero attached hydrogens (tertiary/aromatic N) is 4. The number of nitrogens with one attached hydrogen (secondary N) is 1. The summed E-state index contributed by atoms with van der Waals surface area (Å²) in [5, 5.41) is 4.89. The monoisotopic (exact) mass is 417 g/mol. The Kier molecular flexibility index (Phi) is 5.66. The molecule has 0 bridgehead atoms. The molecule has 148 valence electrons. The van der Waals surface area contributed by atoms with Gasteiger partial charge in [0.25, 0.3) is 0 Å². The summed E-state index contributed by atoms with van der Waals surface area (Å²) in [5.41, 5.74) is 1.74. The van der Waals surface area contributed by atoms with Crippen LogP contribution in [0.5, 0.6) is 0 Å². The topological polar surface area (TPSA) is 63.2 Å². The number of benzene rings is 1. The summed E-state index contributed by atoms with van der Waals surface area (Å²) in [6.07, 6.45) is 3.31. The first-order valence-corrected chi connectivity index (χ1v) is 10.6. The van der Waals surface area contributed by atoms with E-state index in [-0.39, 0.29) is 0 Å². The minimum absolute atomic E-state index is 0.342. The number of anilines is 2. The van der Waals surface area contributed by atoms with Gasteiger partial charge in [-0.2, -0.15) is 4.98 Å². The van der Waals surface area contributed by atoms with Gasteiger partial charge in [0, 0.05) is 33.9 Å². The van der Waals surface area contributed by atoms with E-state index in [1.165, 1.54) is 0 Å². The fourth-order valence-corrected chi connectivity index (χ4v) is 5.01. The quantitative estimate of drug-likeness (QED) is 0.586. The lowest BCUT2D eigenvalue weighted by Crippen LogP contribution is -2.20. The number of fused-ring (bicyclic) bond motifs is 1. The average molecular weight is 418 g/mol. The Bertz CT molecular complexity index is 943. The Morgan fingerprint density at radius 3 is 2.79 bits per heavy atom. The first-order chi connectivity index (χ1) is 13.5. The van der Waals surface area contributed by atoms with Crippen LogP contribution in [0.3, 0.4) is 0 Å². The largest absolute Gasteiger partial charge is 0.384 e. The van der Waals surface area contributed by atoms with Crippen LogP contribution in [-0.4, -0.2) is 48.8 Å². The van der Waals surface area contributed by atoms with Crippen LogP contribution in [0, 0.1) is 5.92 Å². The zero-order valence-electron chi connectivity index (χ0n) is 16.3. The molecular weight excluding hydrogens is 394 g/mol. The van der Waals surface area contributed by atoms with E-state index in [4.69, 9.17) is 26.3 Å². The molecule has 1 aliphatic carbocycles. The molecule has 3 aromatic rings. The van der Waals surface area contributed by atoms with E-state index in [0.717, 1.165) is 52.5 Å². The molecule has 28 heavy (non-hydrogen) atoms. The first kappa shape index (κ1) is 19.4. The van der Waals surface area contributed by atoms with Crippen molar-refractivity contribution in [2.45, 2.75) is 25.3 Å². The molecule has 0 amide bonds. The predicted molar refractivity (Wildman–Crippen MR) is 117 cm³/mol. The van der Waals surface area contributed by atoms with Gasteiger partial charge in [-0.15, -0.1) is 11.3 Å². The summed E-state index contributed by atoms with van der Waals surface area (Å²) in [7, 11) is 5.59. The predicted octanol–water partition coefficient (Wildman–Crippen LogP) is 4.70. The highest BCUT2D eigenvalue weighted by molar-refractivity contribution is 7.21. The van der Waals surface area contributed by atoms with E-state index in [2.05, 4.69) is 16.4 Å². The summed E-state index contributed by atoms with van der Waals surface area (Å²) in [6, 6.07) is 8.43. The normalized spacial score (nSPS) is 19.3. The molecule has 1 aromatic carbocycles. The molecule has 2 unspecified atom stereocenters. The fraction of sp³-hybridized carbons (Fsp3) is 0.450. The Balaban J connectivity index is 1.72. The Labute approximate surface area is 173 Å². The number of halogens is 1. The lowest BCUT2D eigenvalue weighted by molar-refractivity contribution is 0.154. The van der Waals surface area contributed by atoms with Crippen LogP contribution >= 0.6 is 22.9 Å². The smallest absolute Gasteiger partial charge is 0.228 e. The molecule has 0 aliphatic heterocycles. The van der Waals surface area contributed by atoms with Crippen molar-refractivity contribution < 1.29 is 4.74 Å². The minimum Gasteiger partial charge on any atom is -0.384 e. The molecule has 1 N–H and O–H groups in total. The van der Waals surface area contributed by atoms with Gasteiger partial charge < -0.3 is 15.0 Å². The molecule has 0 saturated heterocycles. The van der Waals surface area contributed by atoms with Gasteiger partial charge in [-0.25, -0.2) is 9.97 Å². The van der Waals surface area contributed by atoms with E-state index in [9.17, 15) is 0 Å². The van der Waals surface area contributed by atoms with Gasteiger partial charge in [0.05, 0.1) is 15.8 Å². The van der Waals surface area contributed by atoms with Gasteiger partial charge in [-0.05, 0) is 37.3 Å². The minimum atomic E-state index is 0.342. The molecule has 0 spiro atoms. The van der Waals surface area contributed by atoms with Gasteiger partial charge in [-0.1, -0.05) is 23.7 Å². The van der Waals surface area contributed by atoms with Gasteiger partial charge in [0.15, 0.2) is 0 Å². The van der Waals surface area contributed by atoms with E-state index >= 15 is 0 Å². The number of rotatable bonds is 6. The van der Waals surface area contributed by atoms with Gasteiger partial charge in [-0.3, -0.25) is 0 Å². The second-order valence-electron chi connectivity index (χ2n) is 7.39. The maximum absolute atomic E-state index is 6.63. The van der Waals surface area contributed by atoms with Crippen molar-refractivity contribution >= 4 is 44.9 Å². The number of hydrogen-bond donors (Lipinski definition) is 1. The molecule has 2 atom stereocenters. The summed E-state index contributed by atoms with van der Waals surface area (Å²) in [5.74, 6) is 1.92. The lowest BCUT2D eigenvalue weighted by Gasteiger charge is -2.19. The van der Waals surface area contributed by atoms with Crippen LogP contribution in [0.1, 0.15) is 19.3 Å². The van der Waals surface area contributed by atoms with Crippen molar-refractivity contribution in [3.8, 4) is 10.6 Å². The zero-order chi connectivity index (χ0) is 19.7. The summed E-state index contributed by atoms with van der Waals surface area (Å²) >= 11 is 8.24. The van der Waals surface area contributed by atoms with Crippen molar-refractivity contribution in [1.29, 1.82) is 0 Å². The summed E-state index contributed by atoms with van der Waals surface area (Å²) < 4.78 is 6.45. The highest BCUT2D eigenvalue weighted by Gasteiger charge is 2.27. The number of hydrogen-bond acceptors (Lipinski definition) is 7. The Hall–Kier alpha value is -1.96. The molecule has 6 nitrogen and oxygen atoms in total. The fourth-order valence-electron chi connectivity index (χ4n) is 3.68. The van der Waals surface area contributed by atoms with E-state index < -0.39 is 0 Å². The van der Waals surface area contributed by atoms with Crippen molar-refractivity contribution in [2.24, 2.45) is 5.92 Å². The number of methoxy groups -OCH3 is 1. The summed E-state index contributed by atoms with van der Waals surface area (Å²) in [6.45, 7) is 0.802. The highest BCUT2D eigenvalue weighted by Crippen LogP contribution is 2.40. The van der Waals surface area contributed by atoms with Crippen LogP contribution in [-0.2, 0) is 4.74 Å². The average Bonchev–Trinajstić information content (AvgIpc) is 3.28. The van der Waals surface area contributed by atoms with E-state index in [0.29, 0.717) is 23.1 Å². The maximum atomic E-state index is 6.63. The third-order valence-corrected chi connectivity index (χ3v) is 6.37. The van der Waals surface area contributed by atoms with E-state index in [1.54, 1.807) is 18.4 Å². The molecule has 4 rings (SSSR count). The highest BCUT2D eigenvalue weighted by atomic mass is 35.5. The Morgan fingerprint density at radius 1 is 1.21 bits per heavy atom. The molecule has 2 aromatic heterocycles. The summed E-state index contributed by atoms with van der Waals surface area (Å²) in [4.78, 5) is 15.9. The van der Waals surface area contributed by atoms with Crippen molar-refractivity contribution in [3.63, 3.8) is 0 Å². The van der Waals surface area contributed by atoms with Gasteiger partial charge >= 0.3 is 0 Å². The Morgan fingerprint density at radius 2 is 2.04 bits per heavy atom. The van der Waals surface area contributed by atoms with Crippen molar-refractivity contribution in [3.05, 3.63) is 29.4 Å². The van der Waals surface area contributed by atoms with Gasteiger partial charge in [0.2, 0.25) is 5.95 Å². The zero-order valence-corrected chi connectivity index (χ0v) is 17.8. The van der Waals surface area contributed by atoms with Crippen LogP contribution < -0.4 is 10.2 Å². The van der Waals surface area contributed by atoms with Crippen LogP contribution in [0.25, 0.3) is 20.8 Å². The molecular formula is C20H24ClN5OS. The van der Waals surface area contributed by atoms with Crippen LogP contribution in [0.4, 0.5) is 11.8 Å². The van der Waals surface area contributed by atoms with Crippen molar-refractivity contribution in [2.75, 3.05) is 38.0 Å². The molecule has 1 aliphatic rings. The standard InChI is InChI=1S/C20H24ClN5OS/c1-26(2)20-24-17(21)16(19-23-14-6-4-5-7-15(14)28-19)18(25-20)22-13-9-8-12(10-13)11-27-3/h4-7,12-13H,8-11H2,1-3H3,(H,22,24,25). The molecule has 1 saturated carbocycles. The maximum Gasteiger partial charge on any atom is 0.228 e. The van der Waals surface area contributed by atoms with Crippen LogP contribution in [0.15, 0.2) is 24.3 Å². The second kappa shape index (κ2) is 8.19. The molecule has 1 fully saturated rings. The van der Waals surface area contributed by atoms with Crippen LogP contribution in [0.2, 0.25) is 5.15 Å². The van der Waals surface area contributed by atoms with Gasteiger partial charge in [0.1, 0.15) is 16.0 Å². The third kappa shape index (κ3) is 3.92. The first-order valence-electron chi connectivity index (χ1n) is 9.41. The molecule has 8 heteroatoms. The molecule has 2 heterocycles. The number of thiazole rings is 1. The lowest BCUT2D eigenvalue weighted by atomic mass is 10.1. The van der Waals surface area contributed by atoms with E-state index in [1.807, 2.05) is 37.2 Å². The van der Waals surface area contributed by atoms with Crippen molar-refractivity contribution in [1.82, 2.24) is 15.0 Å². The number of para-hydroxylation sites is 1. The number of ether oxygens (including phenoxy) is 1. The second-order valence-corrected chi connectivity index (χ2v) is 8.78. The third-order valence-electron chi connectivity index (χ3n) is 5.05.